The van der Waals surface area contributed by atoms with Gasteiger partial charge in [-0.05, 0) is 31.7 Å². The third-order valence-electron chi connectivity index (χ3n) is 3.92. The zero-order chi connectivity index (χ0) is 14.9. The fourth-order valence-corrected chi connectivity index (χ4v) is 2.68. The van der Waals surface area contributed by atoms with Crippen LogP contribution in [0.5, 0.6) is 11.5 Å². The van der Waals surface area contributed by atoms with Gasteiger partial charge in [-0.1, -0.05) is 12.5 Å². The fraction of sp³-hybridized carbons (Fsp3) is 0.647. The highest BCUT2D eigenvalue weighted by Gasteiger charge is 2.17. The molecule has 1 aliphatic rings. The van der Waals surface area contributed by atoms with E-state index in [-0.39, 0.29) is 0 Å². The standard InChI is InChI=1S/C17H27NO3/c1-19-11-10-18-13-14-8-9-16(20-2)12-17(14)21-15-6-4-3-5-7-15/h8-9,12,15,18H,3-7,10-11,13H2,1-2H3. The molecule has 2 rings (SSSR count). The first-order valence-corrected chi connectivity index (χ1v) is 7.86. The van der Waals surface area contributed by atoms with Crippen molar-refractivity contribution in [1.29, 1.82) is 0 Å². The van der Waals surface area contributed by atoms with E-state index < -0.39 is 0 Å². The van der Waals surface area contributed by atoms with Gasteiger partial charge in [0.25, 0.3) is 0 Å². The zero-order valence-electron chi connectivity index (χ0n) is 13.2. The molecule has 1 saturated carbocycles. The van der Waals surface area contributed by atoms with Crippen LogP contribution in [-0.4, -0.2) is 33.5 Å². The van der Waals surface area contributed by atoms with Crippen molar-refractivity contribution < 1.29 is 14.2 Å². The van der Waals surface area contributed by atoms with Crippen LogP contribution in [0.4, 0.5) is 0 Å². The summed E-state index contributed by atoms with van der Waals surface area (Å²) in [7, 11) is 3.41. The molecule has 0 unspecified atom stereocenters. The van der Waals surface area contributed by atoms with Gasteiger partial charge in [0.15, 0.2) is 0 Å². The van der Waals surface area contributed by atoms with Crippen molar-refractivity contribution >= 4 is 0 Å². The quantitative estimate of drug-likeness (QED) is 0.747. The van der Waals surface area contributed by atoms with Gasteiger partial charge < -0.3 is 19.5 Å². The molecule has 0 aromatic heterocycles. The van der Waals surface area contributed by atoms with E-state index in [1.807, 2.05) is 12.1 Å². The van der Waals surface area contributed by atoms with E-state index in [9.17, 15) is 0 Å². The van der Waals surface area contributed by atoms with Crippen LogP contribution >= 0.6 is 0 Å². The maximum absolute atomic E-state index is 6.23. The number of ether oxygens (including phenoxy) is 3. The SMILES string of the molecule is COCCNCc1ccc(OC)cc1OC1CCCCC1. The lowest BCUT2D eigenvalue weighted by atomic mass is 9.97. The van der Waals surface area contributed by atoms with Crippen LogP contribution in [0.2, 0.25) is 0 Å². The number of hydrogen-bond acceptors (Lipinski definition) is 4. The van der Waals surface area contributed by atoms with Gasteiger partial charge in [-0.3, -0.25) is 0 Å². The molecule has 118 valence electrons. The van der Waals surface area contributed by atoms with Gasteiger partial charge in [0, 0.05) is 31.8 Å². The Balaban J connectivity index is 1.99. The van der Waals surface area contributed by atoms with Crippen LogP contribution in [-0.2, 0) is 11.3 Å². The summed E-state index contributed by atoms with van der Waals surface area (Å²) in [6.45, 7) is 2.34. The molecule has 0 aliphatic heterocycles. The third-order valence-corrected chi connectivity index (χ3v) is 3.92. The lowest BCUT2D eigenvalue weighted by molar-refractivity contribution is 0.152. The van der Waals surface area contributed by atoms with Crippen LogP contribution in [0, 0.1) is 0 Å². The van der Waals surface area contributed by atoms with E-state index in [1.165, 1.54) is 24.8 Å². The van der Waals surface area contributed by atoms with E-state index >= 15 is 0 Å². The minimum Gasteiger partial charge on any atom is -0.497 e. The Morgan fingerprint density at radius 1 is 1.14 bits per heavy atom. The molecule has 21 heavy (non-hydrogen) atoms. The van der Waals surface area contributed by atoms with E-state index in [2.05, 4.69) is 11.4 Å². The van der Waals surface area contributed by atoms with Gasteiger partial charge in [-0.25, -0.2) is 0 Å². The first-order valence-electron chi connectivity index (χ1n) is 7.86. The van der Waals surface area contributed by atoms with E-state index in [1.54, 1.807) is 14.2 Å². The summed E-state index contributed by atoms with van der Waals surface area (Å²) in [6, 6.07) is 6.07. The highest BCUT2D eigenvalue weighted by Crippen LogP contribution is 2.29. The Labute approximate surface area is 127 Å². The van der Waals surface area contributed by atoms with Gasteiger partial charge in [0.05, 0.1) is 19.8 Å². The molecule has 0 radical (unpaired) electrons. The molecule has 1 aliphatic carbocycles. The second-order valence-electron chi connectivity index (χ2n) is 5.52. The van der Waals surface area contributed by atoms with Crippen molar-refractivity contribution in [2.24, 2.45) is 0 Å². The van der Waals surface area contributed by atoms with E-state index in [4.69, 9.17) is 14.2 Å². The van der Waals surface area contributed by atoms with Crippen molar-refractivity contribution in [3.63, 3.8) is 0 Å². The Kier molecular flexibility index (Phi) is 6.83. The predicted octanol–water partition coefficient (Wildman–Crippen LogP) is 3.14. The summed E-state index contributed by atoms with van der Waals surface area (Å²) in [4.78, 5) is 0. The average Bonchev–Trinajstić information content (AvgIpc) is 2.53. The molecule has 0 heterocycles. The smallest absolute Gasteiger partial charge is 0.127 e. The number of benzene rings is 1. The second kappa shape index (κ2) is 8.90. The monoisotopic (exact) mass is 293 g/mol. The molecule has 0 atom stereocenters. The number of nitrogens with one attached hydrogen (secondary N) is 1. The summed E-state index contributed by atoms with van der Waals surface area (Å²) >= 11 is 0. The molecule has 0 saturated heterocycles. The highest BCUT2D eigenvalue weighted by atomic mass is 16.5. The lowest BCUT2D eigenvalue weighted by Gasteiger charge is -2.24. The normalized spacial score (nSPS) is 15.9. The minimum atomic E-state index is 0.351. The molecule has 0 spiro atoms. The van der Waals surface area contributed by atoms with Crippen LogP contribution in [0.25, 0.3) is 0 Å². The van der Waals surface area contributed by atoms with Crippen molar-refractivity contribution in [2.75, 3.05) is 27.4 Å². The highest BCUT2D eigenvalue weighted by molar-refractivity contribution is 5.41. The van der Waals surface area contributed by atoms with E-state index in [0.717, 1.165) is 44.0 Å². The van der Waals surface area contributed by atoms with Crippen LogP contribution < -0.4 is 14.8 Å². The van der Waals surface area contributed by atoms with Gasteiger partial charge in [0.2, 0.25) is 0 Å². The summed E-state index contributed by atoms with van der Waals surface area (Å²) in [5, 5.41) is 3.37. The van der Waals surface area contributed by atoms with Crippen molar-refractivity contribution in [3.8, 4) is 11.5 Å². The first-order chi connectivity index (χ1) is 10.3. The third kappa shape index (κ3) is 5.21. The first kappa shape index (κ1) is 16.1. The molecule has 0 bridgehead atoms. The maximum Gasteiger partial charge on any atom is 0.127 e. The Bertz CT molecular complexity index is 416. The van der Waals surface area contributed by atoms with Crippen LogP contribution in [0.3, 0.4) is 0 Å². The summed E-state index contributed by atoms with van der Waals surface area (Å²) in [5.74, 6) is 1.80. The Hall–Kier alpha value is -1.26. The van der Waals surface area contributed by atoms with Crippen molar-refractivity contribution in [2.45, 2.75) is 44.8 Å². The molecule has 0 amide bonds. The number of methoxy groups -OCH3 is 2. The van der Waals surface area contributed by atoms with E-state index in [0.29, 0.717) is 6.10 Å². The van der Waals surface area contributed by atoms with Gasteiger partial charge in [-0.2, -0.15) is 0 Å². The summed E-state index contributed by atoms with van der Waals surface area (Å²) < 4.78 is 16.6. The molecule has 1 N–H and O–H groups in total. The number of hydrogen-bond donors (Lipinski definition) is 1. The predicted molar refractivity (Wildman–Crippen MR) is 84.1 cm³/mol. The topological polar surface area (TPSA) is 39.7 Å². The average molecular weight is 293 g/mol. The Morgan fingerprint density at radius 2 is 1.95 bits per heavy atom. The van der Waals surface area contributed by atoms with Crippen molar-refractivity contribution in [3.05, 3.63) is 23.8 Å². The maximum atomic E-state index is 6.23. The largest absolute Gasteiger partial charge is 0.497 e. The van der Waals surface area contributed by atoms with Gasteiger partial charge in [0.1, 0.15) is 11.5 Å². The second-order valence-corrected chi connectivity index (χ2v) is 5.52. The summed E-state index contributed by atoms with van der Waals surface area (Å²) in [6.07, 6.45) is 6.56. The lowest BCUT2D eigenvalue weighted by Crippen LogP contribution is -2.22. The van der Waals surface area contributed by atoms with Gasteiger partial charge in [-0.15, -0.1) is 0 Å². The molecular formula is C17H27NO3. The van der Waals surface area contributed by atoms with Gasteiger partial charge >= 0.3 is 0 Å². The molecule has 4 nitrogen and oxygen atoms in total. The molecular weight excluding hydrogens is 266 g/mol. The molecule has 1 aromatic rings. The molecule has 4 heteroatoms. The fourth-order valence-electron chi connectivity index (χ4n) is 2.68. The minimum absolute atomic E-state index is 0.351. The van der Waals surface area contributed by atoms with Crippen LogP contribution in [0.1, 0.15) is 37.7 Å². The molecule has 1 aromatic carbocycles. The van der Waals surface area contributed by atoms with Crippen molar-refractivity contribution in [1.82, 2.24) is 5.32 Å². The summed E-state index contributed by atoms with van der Waals surface area (Å²) in [5.41, 5.74) is 1.18. The molecule has 1 fully saturated rings. The Morgan fingerprint density at radius 3 is 2.67 bits per heavy atom. The zero-order valence-corrected chi connectivity index (χ0v) is 13.2. The number of rotatable bonds is 8. The van der Waals surface area contributed by atoms with Crippen LogP contribution in [0.15, 0.2) is 18.2 Å².